The van der Waals surface area contributed by atoms with Gasteiger partial charge in [0.05, 0.1) is 0 Å². The summed E-state index contributed by atoms with van der Waals surface area (Å²) in [5.41, 5.74) is 0. The fourth-order valence-corrected chi connectivity index (χ4v) is 1.44. The summed E-state index contributed by atoms with van der Waals surface area (Å²) >= 11 is 0. The van der Waals surface area contributed by atoms with Crippen LogP contribution in [-0.2, 0) is 6.54 Å². The molecule has 2 nitrogen and oxygen atoms in total. The molecule has 0 atom stereocenters. The van der Waals surface area contributed by atoms with Crippen molar-refractivity contribution < 1.29 is 0 Å². The summed E-state index contributed by atoms with van der Waals surface area (Å²) in [6.07, 6.45) is 14.8. The molecule has 2 heteroatoms. The molecule has 1 heterocycles. The van der Waals surface area contributed by atoms with E-state index in [2.05, 4.69) is 18.2 Å². The van der Waals surface area contributed by atoms with Gasteiger partial charge in [0.25, 0.3) is 0 Å². The third-order valence-corrected chi connectivity index (χ3v) is 2.26. The third-order valence-electron chi connectivity index (χ3n) is 2.26. The Labute approximate surface area is 81.0 Å². The van der Waals surface area contributed by atoms with Gasteiger partial charge in [0.2, 0.25) is 0 Å². The van der Waals surface area contributed by atoms with E-state index in [-0.39, 0.29) is 0 Å². The molecule has 0 aliphatic carbocycles. The summed E-state index contributed by atoms with van der Waals surface area (Å²) in [6, 6.07) is 0. The first-order chi connectivity index (χ1) is 6.43. The maximum Gasteiger partial charge on any atom is 0.176 e. The lowest BCUT2D eigenvalue weighted by Gasteiger charge is -2.01. The van der Waals surface area contributed by atoms with Crippen LogP contribution in [0.3, 0.4) is 0 Å². The minimum Gasteiger partial charge on any atom is -0.328 e. The largest absolute Gasteiger partial charge is 0.328 e. The Morgan fingerprint density at radius 2 is 1.92 bits per heavy atom. The standard InChI is InChI=1S/C11H19N2/c1-2-3-4-5-6-7-9-13-10-8-12-11-13/h8,10H,2-7,9H2,1H3. The van der Waals surface area contributed by atoms with Crippen LogP contribution in [0.1, 0.15) is 45.4 Å². The first kappa shape index (κ1) is 10.3. The summed E-state index contributed by atoms with van der Waals surface area (Å²) in [4.78, 5) is 3.89. The Balaban J connectivity index is 1.90. The molecular weight excluding hydrogens is 160 g/mol. The van der Waals surface area contributed by atoms with Gasteiger partial charge in [-0.1, -0.05) is 39.0 Å². The van der Waals surface area contributed by atoms with Crippen molar-refractivity contribution in [3.05, 3.63) is 18.7 Å². The molecule has 0 spiro atoms. The zero-order chi connectivity index (χ0) is 9.36. The number of imidazole rings is 1. The molecule has 0 saturated heterocycles. The molecule has 0 unspecified atom stereocenters. The van der Waals surface area contributed by atoms with E-state index in [1.54, 1.807) is 6.20 Å². The number of hydrogen-bond donors (Lipinski definition) is 0. The smallest absolute Gasteiger partial charge is 0.176 e. The van der Waals surface area contributed by atoms with Crippen LogP contribution >= 0.6 is 0 Å². The van der Waals surface area contributed by atoms with Crippen molar-refractivity contribution >= 4 is 0 Å². The van der Waals surface area contributed by atoms with Crippen LogP contribution in [0.4, 0.5) is 0 Å². The van der Waals surface area contributed by atoms with Gasteiger partial charge in [-0.2, -0.15) is 0 Å². The molecule has 13 heavy (non-hydrogen) atoms. The lowest BCUT2D eigenvalue weighted by atomic mass is 10.1. The zero-order valence-corrected chi connectivity index (χ0v) is 8.50. The van der Waals surface area contributed by atoms with Crippen molar-refractivity contribution in [2.75, 3.05) is 0 Å². The third kappa shape index (κ3) is 4.71. The van der Waals surface area contributed by atoms with Crippen molar-refractivity contribution in [3.63, 3.8) is 0 Å². The summed E-state index contributed by atoms with van der Waals surface area (Å²) < 4.78 is 2.03. The second-order valence-electron chi connectivity index (χ2n) is 3.49. The molecule has 0 bridgehead atoms. The van der Waals surface area contributed by atoms with Crippen molar-refractivity contribution in [1.82, 2.24) is 9.55 Å². The first-order valence-corrected chi connectivity index (χ1v) is 5.32. The van der Waals surface area contributed by atoms with Crippen LogP contribution in [0, 0.1) is 6.33 Å². The Morgan fingerprint density at radius 3 is 2.62 bits per heavy atom. The number of aromatic nitrogens is 2. The maximum atomic E-state index is 3.89. The van der Waals surface area contributed by atoms with Crippen LogP contribution in [0.2, 0.25) is 0 Å². The Hall–Kier alpha value is -0.790. The molecule has 0 aliphatic rings. The predicted molar refractivity (Wildman–Crippen MR) is 54.4 cm³/mol. The zero-order valence-electron chi connectivity index (χ0n) is 8.50. The molecule has 1 radical (unpaired) electrons. The highest BCUT2D eigenvalue weighted by Crippen LogP contribution is 2.05. The van der Waals surface area contributed by atoms with Gasteiger partial charge in [0.1, 0.15) is 0 Å². The van der Waals surface area contributed by atoms with Gasteiger partial charge < -0.3 is 4.57 Å². The Morgan fingerprint density at radius 1 is 1.15 bits per heavy atom. The Bertz CT molecular complexity index is 192. The van der Waals surface area contributed by atoms with Gasteiger partial charge in [-0.25, -0.2) is 4.98 Å². The highest BCUT2D eigenvalue weighted by Gasteiger charge is 1.91. The topological polar surface area (TPSA) is 17.8 Å². The monoisotopic (exact) mass is 179 g/mol. The van der Waals surface area contributed by atoms with Crippen molar-refractivity contribution in [2.24, 2.45) is 0 Å². The SMILES string of the molecule is CCCCCCCCn1[c]ncc1. The number of aryl methyl sites for hydroxylation is 1. The van der Waals surface area contributed by atoms with Crippen LogP contribution in [0.25, 0.3) is 0 Å². The summed E-state index contributed by atoms with van der Waals surface area (Å²) in [6.45, 7) is 3.33. The number of nitrogens with zero attached hydrogens (tertiary/aromatic N) is 2. The number of hydrogen-bond acceptors (Lipinski definition) is 1. The van der Waals surface area contributed by atoms with Crippen LogP contribution < -0.4 is 0 Å². The van der Waals surface area contributed by atoms with E-state index in [9.17, 15) is 0 Å². The van der Waals surface area contributed by atoms with Gasteiger partial charge in [-0.05, 0) is 6.42 Å². The van der Waals surface area contributed by atoms with E-state index in [1.165, 1.54) is 38.5 Å². The molecule has 1 aromatic heterocycles. The maximum absolute atomic E-state index is 3.89. The average molecular weight is 179 g/mol. The Kier molecular flexibility index (Phi) is 5.30. The van der Waals surface area contributed by atoms with E-state index < -0.39 is 0 Å². The quantitative estimate of drug-likeness (QED) is 0.588. The minimum atomic E-state index is 1.08. The second kappa shape index (κ2) is 6.70. The van der Waals surface area contributed by atoms with Gasteiger partial charge in [0, 0.05) is 18.9 Å². The van der Waals surface area contributed by atoms with E-state index in [1.807, 2.05) is 10.8 Å². The fourth-order valence-electron chi connectivity index (χ4n) is 1.44. The molecule has 73 valence electrons. The molecule has 0 N–H and O–H groups in total. The summed E-state index contributed by atoms with van der Waals surface area (Å²) in [7, 11) is 0. The molecule has 1 rings (SSSR count). The van der Waals surface area contributed by atoms with Gasteiger partial charge in [0.15, 0.2) is 6.33 Å². The van der Waals surface area contributed by atoms with Crippen molar-refractivity contribution in [3.8, 4) is 0 Å². The number of unbranched alkanes of at least 4 members (excludes halogenated alkanes) is 5. The normalized spacial score (nSPS) is 10.5. The average Bonchev–Trinajstić information content (AvgIpc) is 2.63. The number of rotatable bonds is 7. The predicted octanol–water partition coefficient (Wildman–Crippen LogP) is 3.04. The highest BCUT2D eigenvalue weighted by atomic mass is 15.0. The van der Waals surface area contributed by atoms with Crippen LogP contribution in [-0.4, -0.2) is 9.55 Å². The molecule has 1 aromatic rings. The highest BCUT2D eigenvalue weighted by molar-refractivity contribution is 4.71. The molecule has 0 amide bonds. The first-order valence-electron chi connectivity index (χ1n) is 5.32. The lowest BCUT2D eigenvalue weighted by molar-refractivity contribution is 0.556. The van der Waals surface area contributed by atoms with E-state index in [0.29, 0.717) is 0 Å². The molecular formula is C11H19N2. The van der Waals surface area contributed by atoms with Gasteiger partial charge >= 0.3 is 0 Å². The molecule has 0 aliphatic heterocycles. The minimum absolute atomic E-state index is 1.08. The molecule has 0 saturated carbocycles. The summed E-state index contributed by atoms with van der Waals surface area (Å²) in [5.74, 6) is 0. The van der Waals surface area contributed by atoms with Gasteiger partial charge in [-0.15, -0.1) is 0 Å². The van der Waals surface area contributed by atoms with Crippen molar-refractivity contribution in [1.29, 1.82) is 0 Å². The fraction of sp³-hybridized carbons (Fsp3) is 0.727. The molecule has 0 fully saturated rings. The van der Waals surface area contributed by atoms with Crippen LogP contribution in [0.15, 0.2) is 12.4 Å². The van der Waals surface area contributed by atoms with E-state index >= 15 is 0 Å². The molecule has 0 aromatic carbocycles. The van der Waals surface area contributed by atoms with Crippen LogP contribution in [0.5, 0.6) is 0 Å². The second-order valence-corrected chi connectivity index (χ2v) is 3.49. The van der Waals surface area contributed by atoms with Gasteiger partial charge in [-0.3, -0.25) is 0 Å². The van der Waals surface area contributed by atoms with Crippen molar-refractivity contribution in [2.45, 2.75) is 52.0 Å². The van der Waals surface area contributed by atoms with E-state index in [4.69, 9.17) is 0 Å². The summed E-state index contributed by atoms with van der Waals surface area (Å²) in [5, 5.41) is 0. The van der Waals surface area contributed by atoms with E-state index in [0.717, 1.165) is 6.54 Å². The lowest BCUT2D eigenvalue weighted by Crippen LogP contribution is -1.94.